The van der Waals surface area contributed by atoms with Gasteiger partial charge in [-0.2, -0.15) is 0 Å². The Kier molecular flexibility index (Phi) is 8.54. The lowest BCUT2D eigenvalue weighted by atomic mass is 10.1. The Labute approximate surface area is 190 Å². The minimum absolute atomic E-state index is 0.0593. The van der Waals surface area contributed by atoms with Crippen LogP contribution in [-0.2, 0) is 22.6 Å². The minimum atomic E-state index is -0.511. The Balaban J connectivity index is 1.79. The SMILES string of the molecule is CCC(C(=O)NC1CCCC1)N(Cc1ccc(OC)cc1)C(=O)Cc1ccc(OC)cc1. The van der Waals surface area contributed by atoms with Crippen LogP contribution in [0.15, 0.2) is 48.5 Å². The molecule has 1 fully saturated rings. The van der Waals surface area contributed by atoms with Crippen molar-refractivity contribution >= 4 is 11.8 Å². The Morgan fingerprint density at radius 3 is 1.97 bits per heavy atom. The van der Waals surface area contributed by atoms with E-state index in [0.29, 0.717) is 13.0 Å². The van der Waals surface area contributed by atoms with Crippen molar-refractivity contribution in [2.75, 3.05) is 14.2 Å². The third kappa shape index (κ3) is 6.25. The van der Waals surface area contributed by atoms with E-state index in [1.165, 1.54) is 0 Å². The molecule has 1 N–H and O–H groups in total. The molecule has 0 saturated heterocycles. The van der Waals surface area contributed by atoms with Gasteiger partial charge in [0, 0.05) is 12.6 Å². The van der Waals surface area contributed by atoms with Gasteiger partial charge in [0.15, 0.2) is 0 Å². The molecule has 0 radical (unpaired) electrons. The van der Waals surface area contributed by atoms with Crippen LogP contribution in [0.5, 0.6) is 11.5 Å². The Bertz CT molecular complexity index is 874. The van der Waals surface area contributed by atoms with E-state index in [0.717, 1.165) is 48.3 Å². The average Bonchev–Trinajstić information content (AvgIpc) is 3.32. The van der Waals surface area contributed by atoms with Gasteiger partial charge in [0.05, 0.1) is 20.6 Å². The zero-order valence-corrected chi connectivity index (χ0v) is 19.3. The number of nitrogens with one attached hydrogen (secondary N) is 1. The summed E-state index contributed by atoms with van der Waals surface area (Å²) in [4.78, 5) is 28.3. The van der Waals surface area contributed by atoms with E-state index in [2.05, 4.69) is 5.32 Å². The van der Waals surface area contributed by atoms with E-state index in [4.69, 9.17) is 9.47 Å². The molecule has 1 unspecified atom stereocenters. The number of nitrogens with zero attached hydrogens (tertiary/aromatic N) is 1. The molecule has 2 aromatic carbocycles. The molecule has 6 heteroatoms. The normalized spacial score (nSPS) is 14.6. The number of amides is 2. The highest BCUT2D eigenvalue weighted by atomic mass is 16.5. The first-order chi connectivity index (χ1) is 15.5. The van der Waals surface area contributed by atoms with E-state index in [9.17, 15) is 9.59 Å². The number of hydrogen-bond acceptors (Lipinski definition) is 4. The molecule has 3 rings (SSSR count). The summed E-state index contributed by atoms with van der Waals surface area (Å²) in [5, 5.41) is 3.18. The fourth-order valence-corrected chi connectivity index (χ4v) is 4.23. The van der Waals surface area contributed by atoms with Crippen LogP contribution in [0.25, 0.3) is 0 Å². The van der Waals surface area contributed by atoms with Crippen LogP contribution in [0, 0.1) is 0 Å². The van der Waals surface area contributed by atoms with Crippen LogP contribution < -0.4 is 14.8 Å². The highest BCUT2D eigenvalue weighted by Gasteiger charge is 2.30. The quantitative estimate of drug-likeness (QED) is 0.606. The fraction of sp³-hybridized carbons (Fsp3) is 0.462. The molecule has 1 atom stereocenters. The maximum absolute atomic E-state index is 13.4. The van der Waals surface area contributed by atoms with Crippen molar-refractivity contribution < 1.29 is 19.1 Å². The smallest absolute Gasteiger partial charge is 0.243 e. The van der Waals surface area contributed by atoms with Gasteiger partial charge < -0.3 is 19.7 Å². The molecule has 32 heavy (non-hydrogen) atoms. The molecule has 2 aromatic rings. The van der Waals surface area contributed by atoms with E-state index < -0.39 is 6.04 Å². The van der Waals surface area contributed by atoms with Gasteiger partial charge in [-0.15, -0.1) is 0 Å². The van der Waals surface area contributed by atoms with Crippen LogP contribution in [0.3, 0.4) is 0 Å². The van der Waals surface area contributed by atoms with Crippen molar-refractivity contribution in [3.05, 3.63) is 59.7 Å². The standard InChI is InChI=1S/C26H34N2O4/c1-4-24(26(30)27-21-7-5-6-8-21)28(18-20-11-15-23(32-3)16-12-20)25(29)17-19-9-13-22(31-2)14-10-19/h9-16,21,24H,4-8,17-18H2,1-3H3,(H,27,30). The highest BCUT2D eigenvalue weighted by molar-refractivity contribution is 5.88. The molecule has 0 aliphatic heterocycles. The lowest BCUT2D eigenvalue weighted by Crippen LogP contribution is -2.51. The third-order valence-corrected chi connectivity index (χ3v) is 6.11. The van der Waals surface area contributed by atoms with Gasteiger partial charge in [-0.3, -0.25) is 9.59 Å². The number of hydrogen-bond donors (Lipinski definition) is 1. The maximum atomic E-state index is 13.4. The van der Waals surface area contributed by atoms with Crippen LogP contribution >= 0.6 is 0 Å². The summed E-state index contributed by atoms with van der Waals surface area (Å²) < 4.78 is 10.5. The molecule has 2 amide bonds. The van der Waals surface area contributed by atoms with E-state index in [-0.39, 0.29) is 24.3 Å². The fourth-order valence-electron chi connectivity index (χ4n) is 4.23. The van der Waals surface area contributed by atoms with E-state index in [1.807, 2.05) is 55.5 Å². The van der Waals surface area contributed by atoms with Gasteiger partial charge in [0.2, 0.25) is 11.8 Å². The van der Waals surface area contributed by atoms with Gasteiger partial charge >= 0.3 is 0 Å². The van der Waals surface area contributed by atoms with Gasteiger partial charge in [-0.1, -0.05) is 44.0 Å². The first kappa shape index (κ1) is 23.6. The van der Waals surface area contributed by atoms with Crippen molar-refractivity contribution in [2.45, 2.75) is 64.1 Å². The summed E-state index contributed by atoms with van der Waals surface area (Å²) in [6.45, 7) is 2.33. The summed E-state index contributed by atoms with van der Waals surface area (Å²) in [6.07, 6.45) is 5.11. The van der Waals surface area contributed by atoms with Crippen LogP contribution in [0.4, 0.5) is 0 Å². The second-order valence-corrected chi connectivity index (χ2v) is 8.31. The van der Waals surface area contributed by atoms with Crippen LogP contribution in [0.1, 0.15) is 50.2 Å². The summed E-state index contributed by atoms with van der Waals surface area (Å²) in [5.41, 5.74) is 1.85. The van der Waals surface area contributed by atoms with Crippen molar-refractivity contribution in [3.8, 4) is 11.5 Å². The predicted octanol–water partition coefficient (Wildman–Crippen LogP) is 4.11. The summed E-state index contributed by atoms with van der Waals surface area (Å²) in [5.74, 6) is 1.38. The zero-order chi connectivity index (χ0) is 22.9. The first-order valence-corrected chi connectivity index (χ1v) is 11.4. The Morgan fingerprint density at radius 1 is 0.938 bits per heavy atom. The van der Waals surface area contributed by atoms with Gasteiger partial charge in [0.25, 0.3) is 0 Å². The van der Waals surface area contributed by atoms with Gasteiger partial charge in [-0.05, 0) is 54.7 Å². The van der Waals surface area contributed by atoms with E-state index >= 15 is 0 Å². The largest absolute Gasteiger partial charge is 0.497 e. The predicted molar refractivity (Wildman–Crippen MR) is 125 cm³/mol. The maximum Gasteiger partial charge on any atom is 0.243 e. The highest BCUT2D eigenvalue weighted by Crippen LogP contribution is 2.21. The first-order valence-electron chi connectivity index (χ1n) is 11.4. The van der Waals surface area contributed by atoms with Gasteiger partial charge in [0.1, 0.15) is 17.5 Å². The van der Waals surface area contributed by atoms with Crippen molar-refractivity contribution in [2.24, 2.45) is 0 Å². The molecule has 0 bridgehead atoms. The molecule has 6 nitrogen and oxygen atoms in total. The summed E-state index contributed by atoms with van der Waals surface area (Å²) in [7, 11) is 3.24. The lowest BCUT2D eigenvalue weighted by molar-refractivity contribution is -0.141. The Hall–Kier alpha value is -3.02. The average molecular weight is 439 g/mol. The number of benzene rings is 2. The molecule has 0 spiro atoms. The van der Waals surface area contributed by atoms with E-state index in [1.54, 1.807) is 19.1 Å². The minimum Gasteiger partial charge on any atom is -0.497 e. The molecule has 1 aliphatic rings. The zero-order valence-electron chi connectivity index (χ0n) is 19.3. The van der Waals surface area contributed by atoms with Crippen LogP contribution in [-0.4, -0.2) is 43.0 Å². The molecular formula is C26H34N2O4. The van der Waals surface area contributed by atoms with Crippen molar-refractivity contribution in [3.63, 3.8) is 0 Å². The molecule has 1 saturated carbocycles. The molecular weight excluding hydrogens is 404 g/mol. The second-order valence-electron chi connectivity index (χ2n) is 8.31. The second kappa shape index (κ2) is 11.6. The topological polar surface area (TPSA) is 67.9 Å². The Morgan fingerprint density at radius 2 is 1.47 bits per heavy atom. The summed E-state index contributed by atoms with van der Waals surface area (Å²) in [6, 6.07) is 14.8. The number of carbonyl (C=O) groups excluding carboxylic acids is 2. The van der Waals surface area contributed by atoms with Crippen molar-refractivity contribution in [1.29, 1.82) is 0 Å². The third-order valence-electron chi connectivity index (χ3n) is 6.11. The number of methoxy groups -OCH3 is 2. The number of ether oxygens (including phenoxy) is 2. The molecule has 0 heterocycles. The van der Waals surface area contributed by atoms with Crippen molar-refractivity contribution in [1.82, 2.24) is 10.2 Å². The number of carbonyl (C=O) groups is 2. The monoisotopic (exact) mass is 438 g/mol. The number of rotatable bonds is 10. The summed E-state index contributed by atoms with van der Waals surface area (Å²) >= 11 is 0. The molecule has 172 valence electrons. The molecule has 1 aliphatic carbocycles. The molecule has 0 aromatic heterocycles. The van der Waals surface area contributed by atoms with Gasteiger partial charge in [-0.25, -0.2) is 0 Å². The van der Waals surface area contributed by atoms with Crippen LogP contribution in [0.2, 0.25) is 0 Å². The lowest BCUT2D eigenvalue weighted by Gasteiger charge is -2.31.